The number of anilines is 2. The summed E-state index contributed by atoms with van der Waals surface area (Å²) in [4.78, 5) is 34.1. The van der Waals surface area contributed by atoms with Gasteiger partial charge in [0.05, 0.1) is 10.6 Å². The van der Waals surface area contributed by atoms with E-state index in [9.17, 15) is 9.59 Å². The third kappa shape index (κ3) is 7.54. The van der Waals surface area contributed by atoms with E-state index < -0.39 is 5.60 Å². The summed E-state index contributed by atoms with van der Waals surface area (Å²) in [6, 6.07) is 16.5. The third-order valence-electron chi connectivity index (χ3n) is 8.90. The quantitative estimate of drug-likeness (QED) is 0.487. The van der Waals surface area contributed by atoms with Crippen LogP contribution in [0.4, 0.5) is 16.2 Å². The molecule has 0 unspecified atom stereocenters. The molecule has 9 nitrogen and oxygen atoms in total. The van der Waals surface area contributed by atoms with Crippen LogP contribution in [0.1, 0.15) is 62.4 Å². The van der Waals surface area contributed by atoms with Crippen LogP contribution in [0, 0.1) is 11.3 Å². The van der Waals surface area contributed by atoms with Crippen molar-refractivity contribution in [1.29, 1.82) is 5.26 Å². The molecule has 2 saturated heterocycles. The number of benzene rings is 2. The van der Waals surface area contributed by atoms with Crippen LogP contribution in [0.5, 0.6) is 0 Å². The van der Waals surface area contributed by atoms with Crippen LogP contribution >= 0.6 is 11.6 Å². The van der Waals surface area contributed by atoms with E-state index in [0.717, 1.165) is 76.3 Å². The van der Waals surface area contributed by atoms with Gasteiger partial charge in [-0.1, -0.05) is 11.6 Å². The summed E-state index contributed by atoms with van der Waals surface area (Å²) in [6.45, 7) is 10.9. The maximum absolute atomic E-state index is 13.0. The van der Waals surface area contributed by atoms with E-state index in [-0.39, 0.29) is 18.0 Å². The lowest BCUT2D eigenvalue weighted by Gasteiger charge is -2.48. The average molecular weight is 607 g/mol. The monoisotopic (exact) mass is 606 g/mol. The second kappa shape index (κ2) is 13.0. The summed E-state index contributed by atoms with van der Waals surface area (Å²) in [5.41, 5.74) is 2.84. The fourth-order valence-corrected chi connectivity index (χ4v) is 6.45. The van der Waals surface area contributed by atoms with Crippen LogP contribution in [0.3, 0.4) is 0 Å². The number of halogens is 1. The number of likely N-dealkylation sites (tertiary alicyclic amines) is 1. The van der Waals surface area contributed by atoms with E-state index in [4.69, 9.17) is 21.6 Å². The molecule has 0 atom stereocenters. The Morgan fingerprint density at radius 1 is 1.00 bits per heavy atom. The van der Waals surface area contributed by atoms with Crippen molar-refractivity contribution in [1.82, 2.24) is 15.1 Å². The lowest BCUT2D eigenvalue weighted by atomic mass is 9.90. The lowest BCUT2D eigenvalue weighted by Crippen LogP contribution is -2.64. The molecule has 5 rings (SSSR count). The SMILES string of the molecule is CN(c1ccc(C#N)c(Cl)c1)[C@H]1CC[C@H](NC(=O)c2ccc(N3CCN(C4CN(C(=O)OC(C)(C)C)C4)CC3)cc2)CC1. The zero-order chi connectivity index (χ0) is 30.7. The standard InChI is InChI=1S/C33H43ClN6O3/c1-33(2,3)43-32(42)40-21-29(22-40)39-17-15-38(16-18-39)27-10-5-23(6-11-27)31(41)36-25-8-13-26(14-9-25)37(4)28-12-7-24(20-35)30(34)19-28/h5-7,10-12,19,25-26,29H,8-9,13-18,21-22H2,1-4H3,(H,36,41)/t25-,26-. The van der Waals surface area contributed by atoms with Gasteiger partial charge in [0.2, 0.25) is 0 Å². The molecule has 10 heteroatoms. The Balaban J connectivity index is 1.04. The van der Waals surface area contributed by atoms with Gasteiger partial charge < -0.3 is 24.8 Å². The first-order valence-corrected chi connectivity index (χ1v) is 15.7. The van der Waals surface area contributed by atoms with Gasteiger partial charge >= 0.3 is 6.09 Å². The first-order valence-electron chi connectivity index (χ1n) is 15.3. The van der Waals surface area contributed by atoms with Crippen molar-refractivity contribution >= 4 is 35.0 Å². The highest BCUT2D eigenvalue weighted by Crippen LogP contribution is 2.30. The van der Waals surface area contributed by atoms with Crippen molar-refractivity contribution in [2.75, 3.05) is 56.1 Å². The molecule has 2 aromatic rings. The molecule has 3 aliphatic rings. The van der Waals surface area contributed by atoms with E-state index >= 15 is 0 Å². The van der Waals surface area contributed by atoms with Crippen molar-refractivity contribution in [2.45, 2.75) is 70.2 Å². The fourth-order valence-electron chi connectivity index (χ4n) is 6.23. The van der Waals surface area contributed by atoms with Crippen molar-refractivity contribution < 1.29 is 14.3 Å². The number of nitrogens with zero attached hydrogens (tertiary/aromatic N) is 5. The molecular formula is C33H43ClN6O3. The Hall–Kier alpha value is -3.48. The molecule has 0 radical (unpaired) electrons. The molecule has 0 bridgehead atoms. The minimum atomic E-state index is -0.467. The van der Waals surface area contributed by atoms with Crippen LogP contribution in [0.15, 0.2) is 42.5 Å². The highest BCUT2D eigenvalue weighted by atomic mass is 35.5. The fraction of sp³-hybridized carbons (Fsp3) is 0.545. The molecule has 1 N–H and O–H groups in total. The van der Waals surface area contributed by atoms with Gasteiger partial charge in [-0.3, -0.25) is 9.69 Å². The molecule has 0 aromatic heterocycles. The summed E-state index contributed by atoms with van der Waals surface area (Å²) in [7, 11) is 2.07. The highest BCUT2D eigenvalue weighted by Gasteiger charge is 2.38. The summed E-state index contributed by atoms with van der Waals surface area (Å²) in [6.07, 6.45) is 3.57. The average Bonchev–Trinajstić information content (AvgIpc) is 2.96. The number of rotatable bonds is 6. The van der Waals surface area contributed by atoms with Crippen LogP contribution in [-0.4, -0.2) is 91.8 Å². The zero-order valence-corrected chi connectivity index (χ0v) is 26.4. The molecule has 2 heterocycles. The Morgan fingerprint density at radius 3 is 2.23 bits per heavy atom. The highest BCUT2D eigenvalue weighted by molar-refractivity contribution is 6.32. The van der Waals surface area contributed by atoms with Gasteiger partial charge in [0.1, 0.15) is 11.7 Å². The normalized spacial score (nSPS) is 21.5. The minimum Gasteiger partial charge on any atom is -0.444 e. The molecule has 0 spiro atoms. The van der Waals surface area contributed by atoms with E-state index in [0.29, 0.717) is 28.2 Å². The molecule has 3 fully saturated rings. The molecule has 43 heavy (non-hydrogen) atoms. The third-order valence-corrected chi connectivity index (χ3v) is 9.21. The molecule has 230 valence electrons. The zero-order valence-electron chi connectivity index (χ0n) is 25.7. The number of carbonyl (C=O) groups excluding carboxylic acids is 2. The summed E-state index contributed by atoms with van der Waals surface area (Å²) < 4.78 is 5.48. The summed E-state index contributed by atoms with van der Waals surface area (Å²) >= 11 is 6.24. The lowest BCUT2D eigenvalue weighted by molar-refractivity contribution is -0.0162. The van der Waals surface area contributed by atoms with E-state index in [1.54, 1.807) is 11.0 Å². The second-order valence-corrected chi connectivity index (χ2v) is 13.4. The van der Waals surface area contributed by atoms with Crippen LogP contribution in [0.25, 0.3) is 0 Å². The molecule has 2 aromatic carbocycles. The molecule has 2 amide bonds. The van der Waals surface area contributed by atoms with Gasteiger partial charge in [0.25, 0.3) is 5.91 Å². The minimum absolute atomic E-state index is 0.0217. The second-order valence-electron chi connectivity index (χ2n) is 13.0. The van der Waals surface area contributed by atoms with Crippen LogP contribution in [0.2, 0.25) is 5.02 Å². The van der Waals surface area contributed by atoms with Gasteiger partial charge in [-0.2, -0.15) is 5.26 Å². The first-order chi connectivity index (χ1) is 20.5. The molecule has 1 aliphatic carbocycles. The van der Waals surface area contributed by atoms with Gasteiger partial charge in [-0.05, 0) is 88.9 Å². The van der Waals surface area contributed by atoms with E-state index in [1.165, 1.54) is 0 Å². The number of nitrogens with one attached hydrogen (secondary N) is 1. The molecule has 1 saturated carbocycles. The first kappa shape index (κ1) is 31.0. The number of carbonyl (C=O) groups is 2. The molecular weight excluding hydrogens is 564 g/mol. The van der Waals surface area contributed by atoms with Gasteiger partial charge in [-0.25, -0.2) is 4.79 Å². The van der Waals surface area contributed by atoms with Gasteiger partial charge in [0, 0.05) is 81.4 Å². The van der Waals surface area contributed by atoms with Gasteiger partial charge in [-0.15, -0.1) is 0 Å². The maximum Gasteiger partial charge on any atom is 0.410 e. The smallest absolute Gasteiger partial charge is 0.410 e. The van der Waals surface area contributed by atoms with Crippen molar-refractivity contribution in [3.05, 3.63) is 58.6 Å². The Kier molecular flexibility index (Phi) is 9.38. The predicted octanol–water partition coefficient (Wildman–Crippen LogP) is 5.13. The maximum atomic E-state index is 13.0. The van der Waals surface area contributed by atoms with E-state index in [1.807, 2.05) is 57.2 Å². The van der Waals surface area contributed by atoms with Crippen molar-refractivity contribution in [3.8, 4) is 6.07 Å². The Bertz CT molecular complexity index is 1330. The summed E-state index contributed by atoms with van der Waals surface area (Å²) in [5.74, 6) is -0.0217. The van der Waals surface area contributed by atoms with Crippen LogP contribution in [-0.2, 0) is 4.74 Å². The summed E-state index contributed by atoms with van der Waals surface area (Å²) in [5, 5.41) is 12.8. The number of hydrogen-bond acceptors (Lipinski definition) is 7. The van der Waals surface area contributed by atoms with Crippen molar-refractivity contribution in [3.63, 3.8) is 0 Å². The van der Waals surface area contributed by atoms with Crippen molar-refractivity contribution in [2.24, 2.45) is 0 Å². The molecule has 2 aliphatic heterocycles. The van der Waals surface area contributed by atoms with Crippen LogP contribution < -0.4 is 15.1 Å². The number of hydrogen-bond donors (Lipinski definition) is 1. The Labute approximate surface area is 260 Å². The predicted molar refractivity (Wildman–Crippen MR) is 170 cm³/mol. The van der Waals surface area contributed by atoms with Gasteiger partial charge in [0.15, 0.2) is 0 Å². The Morgan fingerprint density at radius 2 is 1.65 bits per heavy atom. The largest absolute Gasteiger partial charge is 0.444 e. The topological polar surface area (TPSA) is 92.2 Å². The number of ether oxygens (including phenoxy) is 1. The number of piperazine rings is 1. The number of amides is 2. The van der Waals surface area contributed by atoms with E-state index in [2.05, 4.69) is 33.1 Å². The number of nitriles is 1.